The van der Waals surface area contributed by atoms with Crippen molar-refractivity contribution in [3.8, 4) is 11.5 Å². The molecule has 8 heteroatoms. The van der Waals surface area contributed by atoms with Gasteiger partial charge in [0.2, 0.25) is 5.91 Å². The van der Waals surface area contributed by atoms with E-state index in [2.05, 4.69) is 10.5 Å². The van der Waals surface area contributed by atoms with Crippen LogP contribution >= 0.6 is 0 Å². The smallest absolute Gasteiger partial charge is 0.251 e. The highest BCUT2D eigenvalue weighted by Crippen LogP contribution is 2.29. The van der Waals surface area contributed by atoms with Crippen LogP contribution in [0.25, 0.3) is 0 Å². The maximum Gasteiger partial charge on any atom is 0.251 e. The number of aryl methyl sites for hydroxylation is 2. The summed E-state index contributed by atoms with van der Waals surface area (Å²) in [6.07, 6.45) is 2.42. The highest BCUT2D eigenvalue weighted by molar-refractivity contribution is 5.95. The van der Waals surface area contributed by atoms with Gasteiger partial charge in [-0.3, -0.25) is 9.59 Å². The molecule has 1 fully saturated rings. The van der Waals surface area contributed by atoms with E-state index in [1.807, 2.05) is 18.7 Å². The average Bonchev–Trinajstić information content (AvgIpc) is 3.37. The fraction of sp³-hybridized carbons (Fsp3) is 0.476. The first-order valence-corrected chi connectivity index (χ1v) is 9.78. The van der Waals surface area contributed by atoms with Crippen LogP contribution in [0.1, 0.15) is 46.6 Å². The van der Waals surface area contributed by atoms with E-state index in [1.165, 1.54) is 7.11 Å². The zero-order valence-corrected chi connectivity index (χ0v) is 17.1. The average molecular weight is 401 g/mol. The summed E-state index contributed by atoms with van der Waals surface area (Å²) in [4.78, 5) is 26.3. The van der Waals surface area contributed by atoms with E-state index < -0.39 is 0 Å². The van der Waals surface area contributed by atoms with E-state index in [0.29, 0.717) is 42.4 Å². The van der Waals surface area contributed by atoms with Crippen molar-refractivity contribution in [2.45, 2.75) is 39.7 Å². The number of likely N-dealkylation sites (tertiary alicyclic amines) is 1. The fourth-order valence-electron chi connectivity index (χ4n) is 3.30. The molecular formula is C21H27N3O5. The Morgan fingerprint density at radius 1 is 1.21 bits per heavy atom. The number of nitrogens with one attached hydrogen (secondary N) is 1. The van der Waals surface area contributed by atoms with Crippen LogP contribution in [0.15, 0.2) is 22.7 Å². The van der Waals surface area contributed by atoms with Gasteiger partial charge >= 0.3 is 0 Å². The largest absolute Gasteiger partial charge is 0.493 e. The van der Waals surface area contributed by atoms with Crippen LogP contribution in [0, 0.1) is 13.8 Å². The number of carbonyl (C=O) groups is 2. The van der Waals surface area contributed by atoms with Crippen LogP contribution < -0.4 is 14.8 Å². The normalized spacial score (nSPS) is 13.4. The Hall–Kier alpha value is -3.03. The van der Waals surface area contributed by atoms with Gasteiger partial charge in [-0.1, -0.05) is 5.16 Å². The second-order valence-electron chi connectivity index (χ2n) is 7.05. The molecule has 8 nitrogen and oxygen atoms in total. The van der Waals surface area contributed by atoms with Gasteiger partial charge in [0.1, 0.15) is 12.4 Å². The number of rotatable bonds is 8. The van der Waals surface area contributed by atoms with Crippen LogP contribution in [-0.2, 0) is 11.4 Å². The Balaban J connectivity index is 1.55. The highest BCUT2D eigenvalue weighted by Gasteiger charge is 2.18. The molecule has 0 unspecified atom stereocenters. The minimum absolute atomic E-state index is 0.0865. The van der Waals surface area contributed by atoms with Crippen molar-refractivity contribution in [1.82, 2.24) is 15.4 Å². The minimum atomic E-state index is -0.255. The zero-order valence-electron chi connectivity index (χ0n) is 17.1. The molecule has 0 spiro atoms. The maximum absolute atomic E-state index is 12.4. The van der Waals surface area contributed by atoms with Gasteiger partial charge in [0.15, 0.2) is 11.5 Å². The van der Waals surface area contributed by atoms with E-state index in [-0.39, 0.29) is 11.8 Å². The lowest BCUT2D eigenvalue weighted by Gasteiger charge is -2.15. The summed E-state index contributed by atoms with van der Waals surface area (Å²) in [6, 6.07) is 4.99. The highest BCUT2D eigenvalue weighted by atomic mass is 16.5. The topological polar surface area (TPSA) is 93.9 Å². The monoisotopic (exact) mass is 401 g/mol. The van der Waals surface area contributed by atoms with Gasteiger partial charge in [0, 0.05) is 31.6 Å². The molecule has 29 heavy (non-hydrogen) atoms. The molecule has 1 aliphatic rings. The molecule has 1 N–H and O–H groups in total. The molecule has 1 aliphatic heterocycles. The predicted octanol–water partition coefficient (Wildman–Crippen LogP) is 2.62. The van der Waals surface area contributed by atoms with Gasteiger partial charge in [0.25, 0.3) is 5.91 Å². The number of hydrogen-bond acceptors (Lipinski definition) is 6. The van der Waals surface area contributed by atoms with Crippen LogP contribution in [0.2, 0.25) is 0 Å². The summed E-state index contributed by atoms with van der Waals surface area (Å²) in [6.45, 7) is 5.92. The number of methoxy groups -OCH3 is 1. The number of ether oxygens (including phenoxy) is 2. The molecule has 0 saturated carbocycles. The third kappa shape index (κ3) is 5.07. The molecule has 1 aromatic heterocycles. The summed E-state index contributed by atoms with van der Waals surface area (Å²) >= 11 is 0. The molecule has 2 amide bonds. The first-order valence-electron chi connectivity index (χ1n) is 9.78. The molecule has 0 aliphatic carbocycles. The van der Waals surface area contributed by atoms with E-state index >= 15 is 0 Å². The van der Waals surface area contributed by atoms with Crippen molar-refractivity contribution in [2.24, 2.45) is 0 Å². The lowest BCUT2D eigenvalue weighted by molar-refractivity contribution is -0.129. The first kappa shape index (κ1) is 20.7. The van der Waals surface area contributed by atoms with E-state index in [0.717, 1.165) is 37.2 Å². The predicted molar refractivity (Wildman–Crippen MR) is 106 cm³/mol. The summed E-state index contributed by atoms with van der Waals surface area (Å²) in [7, 11) is 1.52. The number of carbonyl (C=O) groups excluding carboxylic acids is 2. The van der Waals surface area contributed by atoms with Crippen LogP contribution in [-0.4, -0.2) is 48.6 Å². The summed E-state index contributed by atoms with van der Waals surface area (Å²) in [5.74, 6) is 1.52. The van der Waals surface area contributed by atoms with Gasteiger partial charge in [-0.25, -0.2) is 0 Å². The van der Waals surface area contributed by atoms with E-state index in [1.54, 1.807) is 18.2 Å². The maximum atomic E-state index is 12.4. The summed E-state index contributed by atoms with van der Waals surface area (Å²) in [5.41, 5.74) is 2.11. The lowest BCUT2D eigenvalue weighted by Crippen LogP contribution is -2.32. The van der Waals surface area contributed by atoms with E-state index in [9.17, 15) is 9.59 Å². The van der Waals surface area contributed by atoms with Crippen LogP contribution in [0.4, 0.5) is 0 Å². The Bertz CT molecular complexity index is 852. The Morgan fingerprint density at radius 3 is 2.62 bits per heavy atom. The molecule has 0 atom stereocenters. The molecule has 1 saturated heterocycles. The van der Waals surface area contributed by atoms with Crippen molar-refractivity contribution in [1.29, 1.82) is 0 Å². The number of aromatic nitrogens is 1. The molecule has 0 bridgehead atoms. The fourth-order valence-corrected chi connectivity index (χ4v) is 3.30. The minimum Gasteiger partial charge on any atom is -0.493 e. The molecule has 0 radical (unpaired) electrons. The number of nitrogens with zero attached hydrogens (tertiary/aromatic N) is 2. The first-order chi connectivity index (χ1) is 14.0. The molecule has 2 aromatic rings. The molecule has 1 aromatic carbocycles. The van der Waals surface area contributed by atoms with Gasteiger partial charge in [-0.2, -0.15) is 0 Å². The molecule has 2 heterocycles. The molecule has 3 rings (SSSR count). The van der Waals surface area contributed by atoms with Crippen molar-refractivity contribution < 1.29 is 23.6 Å². The van der Waals surface area contributed by atoms with Gasteiger partial charge in [-0.15, -0.1) is 0 Å². The van der Waals surface area contributed by atoms with Gasteiger partial charge in [0.05, 0.1) is 18.4 Å². The zero-order chi connectivity index (χ0) is 20.8. The van der Waals surface area contributed by atoms with E-state index in [4.69, 9.17) is 14.0 Å². The van der Waals surface area contributed by atoms with Crippen molar-refractivity contribution in [2.75, 3.05) is 26.7 Å². The molecular weight excluding hydrogens is 374 g/mol. The second kappa shape index (κ2) is 9.45. The standard InChI is InChI=1S/C21H27N3O5/c1-14-17(15(2)29-23-14)13-28-18-7-6-16(12-19(18)27-3)21(26)22-9-8-20(25)24-10-4-5-11-24/h6-7,12H,4-5,8-11,13H2,1-3H3,(H,22,26). The lowest BCUT2D eigenvalue weighted by atomic mass is 10.1. The number of benzene rings is 1. The van der Waals surface area contributed by atoms with Gasteiger partial charge < -0.3 is 24.2 Å². The third-order valence-corrected chi connectivity index (χ3v) is 5.06. The quantitative estimate of drug-likeness (QED) is 0.731. The summed E-state index contributed by atoms with van der Waals surface area (Å²) in [5, 5.41) is 6.70. The second-order valence-corrected chi connectivity index (χ2v) is 7.05. The number of hydrogen-bond donors (Lipinski definition) is 1. The van der Waals surface area contributed by atoms with Crippen molar-refractivity contribution >= 4 is 11.8 Å². The number of amides is 2. The molecule has 156 valence electrons. The Labute approximate surface area is 170 Å². The third-order valence-electron chi connectivity index (χ3n) is 5.06. The van der Waals surface area contributed by atoms with Crippen molar-refractivity contribution in [3.63, 3.8) is 0 Å². The van der Waals surface area contributed by atoms with Gasteiger partial charge in [-0.05, 0) is 44.9 Å². The Kier molecular flexibility index (Phi) is 6.74. The van der Waals surface area contributed by atoms with Crippen molar-refractivity contribution in [3.05, 3.63) is 40.8 Å². The van der Waals surface area contributed by atoms with Crippen LogP contribution in [0.5, 0.6) is 11.5 Å². The van der Waals surface area contributed by atoms with Crippen LogP contribution in [0.3, 0.4) is 0 Å². The SMILES string of the molecule is COc1cc(C(=O)NCCC(=O)N2CCCC2)ccc1OCc1c(C)noc1C. The summed E-state index contributed by atoms with van der Waals surface area (Å²) < 4.78 is 16.3. The Morgan fingerprint density at radius 2 is 1.97 bits per heavy atom.